The van der Waals surface area contributed by atoms with Crippen LogP contribution in [0.5, 0.6) is 5.75 Å². The third kappa shape index (κ3) is 5.54. The average Bonchev–Trinajstić information content (AvgIpc) is 2.98. The van der Waals surface area contributed by atoms with Crippen LogP contribution in [0.15, 0.2) is 24.3 Å². The quantitative estimate of drug-likeness (QED) is 0.512. The highest BCUT2D eigenvalue weighted by molar-refractivity contribution is 5.27. The van der Waals surface area contributed by atoms with E-state index in [1.807, 2.05) is 0 Å². The fourth-order valence-electron chi connectivity index (χ4n) is 3.07. The van der Waals surface area contributed by atoms with Gasteiger partial charge in [-0.05, 0) is 43.9 Å². The van der Waals surface area contributed by atoms with Crippen molar-refractivity contribution in [3.8, 4) is 18.1 Å². The minimum Gasteiger partial charge on any atom is -0.494 e. The van der Waals surface area contributed by atoms with E-state index >= 15 is 0 Å². The Morgan fingerprint density at radius 1 is 1.25 bits per heavy atom. The average molecular weight is 329 g/mol. The van der Waals surface area contributed by atoms with E-state index in [0.717, 1.165) is 31.6 Å². The fourth-order valence-corrected chi connectivity index (χ4v) is 3.07. The molecule has 2 atom stereocenters. The molecule has 0 spiro atoms. The van der Waals surface area contributed by atoms with Crippen LogP contribution in [-0.2, 0) is 11.2 Å². The maximum Gasteiger partial charge on any atom is 0.137 e. The van der Waals surface area contributed by atoms with Gasteiger partial charge in [-0.25, -0.2) is 0 Å². The summed E-state index contributed by atoms with van der Waals surface area (Å²) in [5.41, 5.74) is 1.17. The van der Waals surface area contributed by atoms with Crippen molar-refractivity contribution in [2.24, 2.45) is 0 Å². The minimum atomic E-state index is -0.146. The molecule has 1 fully saturated rings. The smallest absolute Gasteiger partial charge is 0.137 e. The highest BCUT2D eigenvalue weighted by Crippen LogP contribution is 2.25. The predicted molar refractivity (Wildman–Crippen MR) is 99.1 cm³/mol. The molecule has 132 valence electrons. The Morgan fingerprint density at radius 3 is 2.71 bits per heavy atom. The first-order valence-electron chi connectivity index (χ1n) is 9.22. The van der Waals surface area contributed by atoms with Crippen LogP contribution in [-0.4, -0.2) is 25.0 Å². The van der Waals surface area contributed by atoms with Gasteiger partial charge in [0.25, 0.3) is 0 Å². The Labute approximate surface area is 147 Å². The molecule has 3 nitrogen and oxygen atoms in total. The molecular formula is C21H31NO2. The number of rotatable bonds is 10. The summed E-state index contributed by atoms with van der Waals surface area (Å²) in [7, 11) is 0. The van der Waals surface area contributed by atoms with Gasteiger partial charge < -0.3 is 9.47 Å². The second-order valence-electron chi connectivity index (χ2n) is 6.86. The first kappa shape index (κ1) is 18.8. The molecule has 2 rings (SSSR count). The Kier molecular flexibility index (Phi) is 7.62. The third-order valence-electron chi connectivity index (χ3n) is 4.83. The van der Waals surface area contributed by atoms with Gasteiger partial charge in [-0.2, -0.15) is 0 Å². The van der Waals surface area contributed by atoms with E-state index in [9.17, 15) is 0 Å². The molecule has 0 aromatic heterocycles. The van der Waals surface area contributed by atoms with Gasteiger partial charge in [-0.1, -0.05) is 50.7 Å². The summed E-state index contributed by atoms with van der Waals surface area (Å²) in [6.07, 6.45) is 13.7. The number of hydrogen-bond acceptors (Lipinski definition) is 3. The van der Waals surface area contributed by atoms with Crippen molar-refractivity contribution in [2.45, 2.75) is 70.4 Å². The fraction of sp³-hybridized carbons (Fsp3) is 0.619. The maximum absolute atomic E-state index is 5.81. The molecule has 1 heterocycles. The van der Waals surface area contributed by atoms with E-state index in [1.165, 1.54) is 31.2 Å². The molecule has 1 unspecified atom stereocenters. The van der Waals surface area contributed by atoms with Crippen molar-refractivity contribution < 1.29 is 9.47 Å². The summed E-state index contributed by atoms with van der Waals surface area (Å²) in [4.78, 5) is 0. The molecule has 3 heteroatoms. The third-order valence-corrected chi connectivity index (χ3v) is 4.83. The summed E-state index contributed by atoms with van der Waals surface area (Å²) in [5.74, 6) is 3.70. The first-order chi connectivity index (χ1) is 11.7. The van der Waals surface area contributed by atoms with Crippen LogP contribution < -0.4 is 10.1 Å². The first-order valence-corrected chi connectivity index (χ1v) is 9.22. The van der Waals surface area contributed by atoms with E-state index in [0.29, 0.717) is 6.73 Å². The molecule has 0 amide bonds. The highest BCUT2D eigenvalue weighted by Gasteiger charge is 2.37. The lowest BCUT2D eigenvalue weighted by Crippen LogP contribution is -2.44. The van der Waals surface area contributed by atoms with E-state index in [2.05, 4.69) is 49.4 Å². The van der Waals surface area contributed by atoms with Crippen LogP contribution in [0.3, 0.4) is 0 Å². The zero-order chi connectivity index (χ0) is 17.3. The highest BCUT2D eigenvalue weighted by atomic mass is 16.5. The number of ether oxygens (including phenoxy) is 2. The number of nitrogens with one attached hydrogen (secondary N) is 1. The zero-order valence-corrected chi connectivity index (χ0v) is 15.1. The Morgan fingerprint density at radius 2 is 2.00 bits per heavy atom. The zero-order valence-electron chi connectivity index (χ0n) is 15.1. The molecule has 0 radical (unpaired) electrons. The lowest BCUT2D eigenvalue weighted by atomic mass is 9.89. The van der Waals surface area contributed by atoms with E-state index in [-0.39, 0.29) is 11.6 Å². The van der Waals surface area contributed by atoms with E-state index in [1.54, 1.807) is 0 Å². The molecule has 0 saturated carbocycles. The second-order valence-corrected chi connectivity index (χ2v) is 6.86. The lowest BCUT2D eigenvalue weighted by molar-refractivity contribution is 0.126. The summed E-state index contributed by atoms with van der Waals surface area (Å²) in [6, 6.07) is 8.44. The van der Waals surface area contributed by atoms with Gasteiger partial charge in [0.15, 0.2) is 0 Å². The topological polar surface area (TPSA) is 30.5 Å². The van der Waals surface area contributed by atoms with Crippen LogP contribution in [0.25, 0.3) is 0 Å². The second kappa shape index (κ2) is 9.71. The van der Waals surface area contributed by atoms with E-state index in [4.69, 9.17) is 15.9 Å². The standard InChI is InChI=1S/C21H31NO2/c1-4-6-7-8-9-16-23-19-12-10-18(11-13-19)14-15-21(3)20(5-2)24-17-22-21/h2,10-13,20,22H,4,6-9,14-17H2,1,3H3/t20?,21-/m1/s1. The molecule has 0 aliphatic carbocycles. The summed E-state index contributed by atoms with van der Waals surface area (Å²) in [5, 5.41) is 3.38. The van der Waals surface area contributed by atoms with Gasteiger partial charge in [0.1, 0.15) is 11.9 Å². The molecule has 1 aromatic rings. The number of hydrogen-bond donors (Lipinski definition) is 1. The van der Waals surface area contributed by atoms with Crippen LogP contribution >= 0.6 is 0 Å². The largest absolute Gasteiger partial charge is 0.494 e. The van der Waals surface area contributed by atoms with Gasteiger partial charge in [0.2, 0.25) is 0 Å². The van der Waals surface area contributed by atoms with Gasteiger partial charge in [0.05, 0.1) is 18.9 Å². The molecular weight excluding hydrogens is 298 g/mol. The molecule has 24 heavy (non-hydrogen) atoms. The number of terminal acetylenes is 1. The van der Waals surface area contributed by atoms with Gasteiger partial charge >= 0.3 is 0 Å². The van der Waals surface area contributed by atoms with Crippen LogP contribution in [0, 0.1) is 12.3 Å². The van der Waals surface area contributed by atoms with Crippen LogP contribution in [0.1, 0.15) is 57.9 Å². The number of unbranched alkanes of at least 4 members (excludes halogenated alkanes) is 4. The summed E-state index contributed by atoms with van der Waals surface area (Å²) in [6.45, 7) is 5.73. The van der Waals surface area contributed by atoms with Crippen molar-refractivity contribution in [3.63, 3.8) is 0 Å². The minimum absolute atomic E-state index is 0.136. The summed E-state index contributed by atoms with van der Waals surface area (Å²) >= 11 is 0. The summed E-state index contributed by atoms with van der Waals surface area (Å²) < 4.78 is 11.4. The predicted octanol–water partition coefficient (Wildman–Crippen LogP) is 4.31. The molecule has 0 bridgehead atoms. The van der Waals surface area contributed by atoms with Crippen molar-refractivity contribution in [2.75, 3.05) is 13.3 Å². The Balaban J connectivity index is 1.71. The molecule has 1 aliphatic rings. The SMILES string of the molecule is C#CC1OCN[C@]1(C)CCc1ccc(OCCCCCCC)cc1. The van der Waals surface area contributed by atoms with Gasteiger partial charge in [-0.3, -0.25) is 5.32 Å². The van der Waals surface area contributed by atoms with Crippen molar-refractivity contribution in [1.29, 1.82) is 0 Å². The lowest BCUT2D eigenvalue weighted by Gasteiger charge is -2.26. The molecule has 1 aliphatic heterocycles. The maximum atomic E-state index is 5.81. The molecule has 1 saturated heterocycles. The van der Waals surface area contributed by atoms with Crippen LogP contribution in [0.2, 0.25) is 0 Å². The van der Waals surface area contributed by atoms with Crippen LogP contribution in [0.4, 0.5) is 0 Å². The van der Waals surface area contributed by atoms with E-state index < -0.39 is 0 Å². The number of benzene rings is 1. The Bertz CT molecular complexity index is 520. The number of aryl methyl sites for hydroxylation is 1. The monoisotopic (exact) mass is 329 g/mol. The van der Waals surface area contributed by atoms with Gasteiger partial charge in [0, 0.05) is 0 Å². The normalized spacial score (nSPS) is 23.1. The molecule has 1 aromatic carbocycles. The van der Waals surface area contributed by atoms with Crippen molar-refractivity contribution in [3.05, 3.63) is 29.8 Å². The van der Waals surface area contributed by atoms with Crippen molar-refractivity contribution >= 4 is 0 Å². The van der Waals surface area contributed by atoms with Gasteiger partial charge in [-0.15, -0.1) is 6.42 Å². The molecule has 1 N–H and O–H groups in total. The Hall–Kier alpha value is -1.50. The van der Waals surface area contributed by atoms with Crippen molar-refractivity contribution in [1.82, 2.24) is 5.32 Å².